The van der Waals surface area contributed by atoms with Crippen molar-refractivity contribution < 1.29 is 4.74 Å². The van der Waals surface area contributed by atoms with E-state index in [2.05, 4.69) is 5.10 Å². The van der Waals surface area contributed by atoms with E-state index < -0.39 is 0 Å². The molecule has 0 spiro atoms. The lowest BCUT2D eigenvalue weighted by molar-refractivity contribution is 0.416. The Kier molecular flexibility index (Phi) is 3.67. The fourth-order valence-electron chi connectivity index (χ4n) is 2.10. The number of para-hydroxylation sites is 1. The van der Waals surface area contributed by atoms with E-state index in [1.165, 1.54) is 0 Å². The fraction of sp³-hybridized carbons (Fsp3) is 0.357. The molecule has 2 rings (SSSR count). The minimum atomic E-state index is 0.105. The van der Waals surface area contributed by atoms with Gasteiger partial charge in [-0.2, -0.15) is 5.10 Å². The van der Waals surface area contributed by atoms with Crippen molar-refractivity contribution >= 4 is 0 Å². The number of aromatic nitrogens is 2. The predicted octanol–water partition coefficient (Wildman–Crippen LogP) is 1.99. The Morgan fingerprint density at radius 1 is 1.33 bits per heavy atom. The van der Waals surface area contributed by atoms with E-state index >= 15 is 0 Å². The van der Waals surface area contributed by atoms with Crippen LogP contribution in [0.5, 0.6) is 5.75 Å². The minimum Gasteiger partial charge on any atom is -0.496 e. The summed E-state index contributed by atoms with van der Waals surface area (Å²) in [5.41, 5.74) is 9.18. The fourth-order valence-corrected chi connectivity index (χ4v) is 2.10. The number of benzene rings is 1. The Hall–Kier alpha value is -1.81. The number of hydrogen-bond acceptors (Lipinski definition) is 3. The normalized spacial score (nSPS) is 12.4. The summed E-state index contributed by atoms with van der Waals surface area (Å²) in [5, 5.41) is 4.33. The van der Waals surface area contributed by atoms with Crippen LogP contribution < -0.4 is 10.5 Å². The van der Waals surface area contributed by atoms with Crippen LogP contribution in [0.3, 0.4) is 0 Å². The number of aryl methyl sites for hydroxylation is 1. The van der Waals surface area contributed by atoms with Crippen LogP contribution in [-0.2, 0) is 13.5 Å². The van der Waals surface area contributed by atoms with Crippen LogP contribution >= 0.6 is 0 Å². The highest BCUT2D eigenvalue weighted by molar-refractivity contribution is 5.72. The van der Waals surface area contributed by atoms with Crippen LogP contribution in [0.4, 0.5) is 0 Å². The molecule has 2 N–H and O–H groups in total. The summed E-state index contributed by atoms with van der Waals surface area (Å²) < 4.78 is 7.28. The number of nitrogens with zero attached hydrogens (tertiary/aromatic N) is 2. The van der Waals surface area contributed by atoms with E-state index in [0.29, 0.717) is 0 Å². The highest BCUT2D eigenvalue weighted by Gasteiger charge is 2.15. The minimum absolute atomic E-state index is 0.105. The standard InChI is InChI=1S/C14H19N3O/c1-10(15)8-13-12(9-16-17(13)2)11-6-4-5-7-14(11)18-3/h4-7,9-10H,8,15H2,1-3H3. The Bertz CT molecular complexity index is 532. The van der Waals surface area contributed by atoms with E-state index in [-0.39, 0.29) is 6.04 Å². The number of ether oxygens (including phenoxy) is 1. The molecule has 0 amide bonds. The first kappa shape index (κ1) is 12.6. The van der Waals surface area contributed by atoms with Gasteiger partial charge in [-0.15, -0.1) is 0 Å². The van der Waals surface area contributed by atoms with Gasteiger partial charge in [0.25, 0.3) is 0 Å². The second-order valence-corrected chi connectivity index (χ2v) is 4.51. The zero-order valence-electron chi connectivity index (χ0n) is 11.1. The molecule has 0 fully saturated rings. The van der Waals surface area contributed by atoms with Gasteiger partial charge >= 0.3 is 0 Å². The smallest absolute Gasteiger partial charge is 0.126 e. The zero-order valence-corrected chi connectivity index (χ0v) is 11.1. The first-order valence-electron chi connectivity index (χ1n) is 6.03. The molecule has 4 nitrogen and oxygen atoms in total. The van der Waals surface area contributed by atoms with Crippen molar-refractivity contribution in [3.05, 3.63) is 36.2 Å². The van der Waals surface area contributed by atoms with Crippen molar-refractivity contribution in [2.45, 2.75) is 19.4 Å². The maximum absolute atomic E-state index is 5.90. The first-order valence-corrected chi connectivity index (χ1v) is 6.03. The molecule has 1 heterocycles. The van der Waals surface area contributed by atoms with Crippen LogP contribution in [-0.4, -0.2) is 22.9 Å². The average molecular weight is 245 g/mol. The maximum atomic E-state index is 5.90. The summed E-state index contributed by atoms with van der Waals surface area (Å²) in [6.45, 7) is 2.00. The molecule has 0 bridgehead atoms. The lowest BCUT2D eigenvalue weighted by Crippen LogP contribution is -2.20. The van der Waals surface area contributed by atoms with E-state index in [0.717, 1.165) is 29.0 Å². The summed E-state index contributed by atoms with van der Waals surface area (Å²) in [4.78, 5) is 0. The quantitative estimate of drug-likeness (QED) is 0.896. The third-order valence-corrected chi connectivity index (χ3v) is 2.97. The van der Waals surface area contributed by atoms with Crippen molar-refractivity contribution in [1.29, 1.82) is 0 Å². The Balaban J connectivity index is 2.50. The molecule has 1 unspecified atom stereocenters. The topological polar surface area (TPSA) is 53.1 Å². The van der Waals surface area contributed by atoms with Crippen molar-refractivity contribution in [3.8, 4) is 16.9 Å². The van der Waals surface area contributed by atoms with Crippen molar-refractivity contribution in [2.24, 2.45) is 12.8 Å². The van der Waals surface area contributed by atoms with Crippen molar-refractivity contribution in [3.63, 3.8) is 0 Å². The first-order chi connectivity index (χ1) is 8.63. The lowest BCUT2D eigenvalue weighted by Gasteiger charge is -2.11. The maximum Gasteiger partial charge on any atom is 0.126 e. The number of nitrogens with two attached hydrogens (primary N) is 1. The third kappa shape index (κ3) is 2.38. The number of rotatable bonds is 4. The summed E-state index contributed by atoms with van der Waals surface area (Å²) in [6, 6.07) is 8.07. The van der Waals surface area contributed by atoms with Crippen LogP contribution in [0.2, 0.25) is 0 Å². The zero-order chi connectivity index (χ0) is 13.1. The molecule has 2 aromatic rings. The molecule has 1 atom stereocenters. The molecule has 0 saturated heterocycles. The van der Waals surface area contributed by atoms with E-state index in [4.69, 9.17) is 10.5 Å². The summed E-state index contributed by atoms with van der Waals surface area (Å²) in [6.07, 6.45) is 2.67. The average Bonchev–Trinajstić information content (AvgIpc) is 2.70. The highest BCUT2D eigenvalue weighted by Crippen LogP contribution is 2.32. The molecule has 96 valence electrons. The second kappa shape index (κ2) is 5.23. The van der Waals surface area contributed by atoms with Gasteiger partial charge in [-0.3, -0.25) is 4.68 Å². The van der Waals surface area contributed by atoms with Gasteiger partial charge in [-0.25, -0.2) is 0 Å². The van der Waals surface area contributed by atoms with Crippen molar-refractivity contribution in [2.75, 3.05) is 7.11 Å². The monoisotopic (exact) mass is 245 g/mol. The van der Waals surface area contributed by atoms with Crippen LogP contribution in [0.25, 0.3) is 11.1 Å². The Morgan fingerprint density at radius 3 is 2.72 bits per heavy atom. The molecule has 0 saturated carbocycles. The van der Waals surface area contributed by atoms with E-state index in [1.807, 2.05) is 49.1 Å². The summed E-state index contributed by atoms with van der Waals surface area (Å²) in [5.74, 6) is 0.858. The molecule has 0 aliphatic carbocycles. The number of methoxy groups -OCH3 is 1. The molecule has 0 aliphatic rings. The number of hydrogen-bond donors (Lipinski definition) is 1. The molecular formula is C14H19N3O. The summed E-state index contributed by atoms with van der Waals surface area (Å²) >= 11 is 0. The Labute approximate surface area is 107 Å². The van der Waals surface area contributed by atoms with Gasteiger partial charge in [0.1, 0.15) is 5.75 Å². The van der Waals surface area contributed by atoms with Crippen LogP contribution in [0.1, 0.15) is 12.6 Å². The van der Waals surface area contributed by atoms with Gasteiger partial charge < -0.3 is 10.5 Å². The highest BCUT2D eigenvalue weighted by atomic mass is 16.5. The largest absolute Gasteiger partial charge is 0.496 e. The van der Waals surface area contributed by atoms with E-state index in [9.17, 15) is 0 Å². The van der Waals surface area contributed by atoms with Gasteiger partial charge in [-0.05, 0) is 13.0 Å². The second-order valence-electron chi connectivity index (χ2n) is 4.51. The van der Waals surface area contributed by atoms with Crippen molar-refractivity contribution in [1.82, 2.24) is 9.78 Å². The third-order valence-electron chi connectivity index (χ3n) is 2.97. The van der Waals surface area contributed by atoms with Gasteiger partial charge in [-0.1, -0.05) is 18.2 Å². The van der Waals surface area contributed by atoms with Gasteiger partial charge in [0.15, 0.2) is 0 Å². The molecule has 18 heavy (non-hydrogen) atoms. The van der Waals surface area contributed by atoms with Gasteiger partial charge in [0.2, 0.25) is 0 Å². The molecule has 4 heteroatoms. The predicted molar refractivity (Wildman–Crippen MR) is 72.5 cm³/mol. The molecule has 0 radical (unpaired) electrons. The van der Waals surface area contributed by atoms with Gasteiger partial charge in [0, 0.05) is 36.3 Å². The van der Waals surface area contributed by atoms with Gasteiger partial charge in [0.05, 0.1) is 13.3 Å². The summed E-state index contributed by atoms with van der Waals surface area (Å²) in [7, 11) is 3.62. The lowest BCUT2D eigenvalue weighted by atomic mass is 10.0. The molecular weight excluding hydrogens is 226 g/mol. The van der Waals surface area contributed by atoms with Crippen LogP contribution in [0.15, 0.2) is 30.5 Å². The van der Waals surface area contributed by atoms with E-state index in [1.54, 1.807) is 7.11 Å². The molecule has 1 aromatic carbocycles. The van der Waals surface area contributed by atoms with Crippen LogP contribution in [0, 0.1) is 0 Å². The molecule has 0 aliphatic heterocycles. The Morgan fingerprint density at radius 2 is 2.06 bits per heavy atom. The molecule has 1 aromatic heterocycles. The SMILES string of the molecule is COc1ccccc1-c1cnn(C)c1CC(C)N.